The predicted molar refractivity (Wildman–Crippen MR) is 89.0 cm³/mol. The Labute approximate surface area is 138 Å². The Bertz CT molecular complexity index is 766. The number of aliphatic carboxylic acids is 1. The van der Waals surface area contributed by atoms with E-state index in [1.165, 1.54) is 25.1 Å². The summed E-state index contributed by atoms with van der Waals surface area (Å²) in [5.74, 6) is -2.76. The molecule has 0 fully saturated rings. The number of carbonyl (C=O) groups is 2. The Morgan fingerprint density at radius 3 is 2.39 bits per heavy atom. The normalized spacial score (nSPS) is 12.3. The fourth-order valence-electron chi connectivity index (χ4n) is 2.07. The average molecular weight is 331 g/mol. The standard InChI is InChI=1S/C18H15ClO4/c1-11(18(22)23)13-8-9-14(17(21)16(13)19)15(20)10-7-12-5-3-2-4-6-12/h2-11,21H,1H3,(H,22,23). The van der Waals surface area contributed by atoms with Crippen molar-refractivity contribution in [1.29, 1.82) is 0 Å². The van der Waals surface area contributed by atoms with Gasteiger partial charge in [0.2, 0.25) is 0 Å². The van der Waals surface area contributed by atoms with Crippen molar-refractivity contribution >= 4 is 29.4 Å². The molecule has 1 unspecified atom stereocenters. The quantitative estimate of drug-likeness (QED) is 0.638. The third-order valence-electron chi connectivity index (χ3n) is 3.48. The third kappa shape index (κ3) is 3.79. The highest BCUT2D eigenvalue weighted by molar-refractivity contribution is 6.34. The first kappa shape index (κ1) is 16.8. The van der Waals surface area contributed by atoms with Crippen molar-refractivity contribution in [3.8, 4) is 5.75 Å². The zero-order valence-electron chi connectivity index (χ0n) is 12.4. The minimum Gasteiger partial charge on any atom is -0.506 e. The van der Waals surface area contributed by atoms with Crippen LogP contribution in [0.3, 0.4) is 0 Å². The van der Waals surface area contributed by atoms with Crippen LogP contribution in [-0.4, -0.2) is 22.0 Å². The molecule has 0 amide bonds. The summed E-state index contributed by atoms with van der Waals surface area (Å²) >= 11 is 6.01. The van der Waals surface area contributed by atoms with E-state index in [1.54, 1.807) is 6.08 Å². The number of carboxylic acids is 1. The number of rotatable bonds is 5. The monoisotopic (exact) mass is 330 g/mol. The number of aromatic hydroxyl groups is 1. The number of hydrogen-bond acceptors (Lipinski definition) is 3. The SMILES string of the molecule is CC(C(=O)O)c1ccc(C(=O)C=Cc2ccccc2)c(O)c1Cl. The second kappa shape index (κ2) is 7.11. The van der Waals surface area contributed by atoms with Crippen LogP contribution in [0, 0.1) is 0 Å². The molecular weight excluding hydrogens is 316 g/mol. The molecule has 2 rings (SSSR count). The van der Waals surface area contributed by atoms with Crippen LogP contribution in [0.1, 0.15) is 34.3 Å². The van der Waals surface area contributed by atoms with Crippen molar-refractivity contribution < 1.29 is 19.8 Å². The lowest BCUT2D eigenvalue weighted by Crippen LogP contribution is -2.09. The lowest BCUT2D eigenvalue weighted by atomic mass is 9.97. The van der Waals surface area contributed by atoms with Gasteiger partial charge >= 0.3 is 5.97 Å². The maximum Gasteiger partial charge on any atom is 0.310 e. The van der Waals surface area contributed by atoms with Gasteiger partial charge in [0.15, 0.2) is 5.78 Å². The second-order valence-electron chi connectivity index (χ2n) is 5.03. The molecule has 0 aromatic heterocycles. The number of hydrogen-bond donors (Lipinski definition) is 2. The van der Waals surface area contributed by atoms with E-state index >= 15 is 0 Å². The van der Waals surface area contributed by atoms with Gasteiger partial charge in [0, 0.05) is 0 Å². The zero-order valence-corrected chi connectivity index (χ0v) is 13.1. The van der Waals surface area contributed by atoms with Gasteiger partial charge in [0.05, 0.1) is 16.5 Å². The Hall–Kier alpha value is -2.59. The molecule has 2 aromatic rings. The van der Waals surface area contributed by atoms with Crippen LogP contribution in [0.5, 0.6) is 5.75 Å². The molecule has 0 bridgehead atoms. The lowest BCUT2D eigenvalue weighted by Gasteiger charge is -2.12. The number of halogens is 1. The number of carbonyl (C=O) groups excluding carboxylic acids is 1. The fourth-order valence-corrected chi connectivity index (χ4v) is 2.40. The molecule has 0 saturated carbocycles. The highest BCUT2D eigenvalue weighted by Gasteiger charge is 2.22. The van der Waals surface area contributed by atoms with E-state index in [2.05, 4.69) is 0 Å². The first-order valence-electron chi connectivity index (χ1n) is 6.93. The van der Waals surface area contributed by atoms with Crippen molar-refractivity contribution in [3.05, 3.63) is 70.3 Å². The Kier molecular flexibility index (Phi) is 5.19. The minimum atomic E-state index is -1.06. The van der Waals surface area contributed by atoms with Gasteiger partial charge in [-0.1, -0.05) is 54.1 Å². The van der Waals surface area contributed by atoms with Crippen molar-refractivity contribution in [2.24, 2.45) is 0 Å². The number of benzene rings is 2. The maximum atomic E-state index is 12.2. The van der Waals surface area contributed by atoms with Crippen LogP contribution < -0.4 is 0 Å². The van der Waals surface area contributed by atoms with Crippen LogP contribution >= 0.6 is 11.6 Å². The fraction of sp³-hybridized carbons (Fsp3) is 0.111. The van der Waals surface area contributed by atoms with E-state index in [4.69, 9.17) is 16.7 Å². The first-order chi connectivity index (χ1) is 10.9. The van der Waals surface area contributed by atoms with Crippen LogP contribution in [0.15, 0.2) is 48.5 Å². The second-order valence-corrected chi connectivity index (χ2v) is 5.41. The topological polar surface area (TPSA) is 74.6 Å². The van der Waals surface area contributed by atoms with Crippen molar-refractivity contribution in [2.75, 3.05) is 0 Å². The third-order valence-corrected chi connectivity index (χ3v) is 3.87. The summed E-state index contributed by atoms with van der Waals surface area (Å²) in [6.45, 7) is 1.46. The molecule has 118 valence electrons. The maximum absolute atomic E-state index is 12.2. The Morgan fingerprint density at radius 1 is 1.13 bits per heavy atom. The highest BCUT2D eigenvalue weighted by Crippen LogP contribution is 2.35. The summed E-state index contributed by atoms with van der Waals surface area (Å²) in [5, 5.41) is 19.0. The minimum absolute atomic E-state index is 0.0310. The number of carboxylic acid groups (broad SMARTS) is 1. The number of phenols is 1. The number of allylic oxidation sites excluding steroid dienone is 1. The van der Waals surface area contributed by atoms with Crippen LogP contribution in [0.25, 0.3) is 6.08 Å². The molecule has 0 spiro atoms. The van der Waals surface area contributed by atoms with Gasteiger partial charge in [-0.25, -0.2) is 0 Å². The van der Waals surface area contributed by atoms with Crippen molar-refractivity contribution in [3.63, 3.8) is 0 Å². The van der Waals surface area contributed by atoms with E-state index in [0.29, 0.717) is 0 Å². The summed E-state index contributed by atoms with van der Waals surface area (Å²) in [6.07, 6.45) is 2.96. The first-order valence-corrected chi connectivity index (χ1v) is 7.31. The largest absolute Gasteiger partial charge is 0.506 e. The van der Waals surface area contributed by atoms with Gasteiger partial charge in [0.1, 0.15) is 5.75 Å². The molecule has 0 heterocycles. The van der Waals surface area contributed by atoms with E-state index < -0.39 is 23.4 Å². The molecule has 0 aliphatic carbocycles. The van der Waals surface area contributed by atoms with Crippen molar-refractivity contribution in [2.45, 2.75) is 12.8 Å². The predicted octanol–water partition coefficient (Wildman–Crippen LogP) is 4.13. The van der Waals surface area contributed by atoms with Gasteiger partial charge in [-0.2, -0.15) is 0 Å². The van der Waals surface area contributed by atoms with Gasteiger partial charge in [-0.3, -0.25) is 9.59 Å². The molecule has 4 nitrogen and oxygen atoms in total. The van der Waals surface area contributed by atoms with Crippen molar-refractivity contribution in [1.82, 2.24) is 0 Å². The summed E-state index contributed by atoms with van der Waals surface area (Å²) < 4.78 is 0. The van der Waals surface area contributed by atoms with E-state index in [0.717, 1.165) is 5.56 Å². The Balaban J connectivity index is 2.30. The molecule has 2 aromatic carbocycles. The molecule has 0 radical (unpaired) electrons. The smallest absolute Gasteiger partial charge is 0.310 e. The van der Waals surface area contributed by atoms with E-state index in [9.17, 15) is 14.7 Å². The van der Waals surface area contributed by atoms with Gasteiger partial charge in [-0.15, -0.1) is 0 Å². The van der Waals surface area contributed by atoms with Gasteiger partial charge < -0.3 is 10.2 Å². The summed E-state index contributed by atoms with van der Waals surface area (Å²) in [6, 6.07) is 12.1. The average Bonchev–Trinajstić information content (AvgIpc) is 2.55. The van der Waals surface area contributed by atoms with Crippen LogP contribution in [0.4, 0.5) is 0 Å². The highest BCUT2D eigenvalue weighted by atomic mass is 35.5. The zero-order chi connectivity index (χ0) is 17.0. The van der Waals surface area contributed by atoms with Gasteiger partial charge in [-0.05, 0) is 30.2 Å². The molecule has 1 atom stereocenters. The molecule has 2 N–H and O–H groups in total. The van der Waals surface area contributed by atoms with Crippen LogP contribution in [-0.2, 0) is 4.79 Å². The summed E-state index contributed by atoms with van der Waals surface area (Å²) in [5.41, 5.74) is 1.14. The Morgan fingerprint density at radius 2 is 1.78 bits per heavy atom. The molecule has 0 saturated heterocycles. The number of ketones is 1. The number of phenolic OH excluding ortho intramolecular Hbond substituents is 1. The lowest BCUT2D eigenvalue weighted by molar-refractivity contribution is -0.138. The molecular formula is C18H15ClO4. The molecule has 0 aliphatic rings. The summed E-state index contributed by atoms with van der Waals surface area (Å²) in [4.78, 5) is 23.2. The van der Waals surface area contributed by atoms with E-state index in [-0.39, 0.29) is 16.1 Å². The van der Waals surface area contributed by atoms with Gasteiger partial charge in [0.25, 0.3) is 0 Å². The molecule has 5 heteroatoms. The van der Waals surface area contributed by atoms with E-state index in [1.807, 2.05) is 30.3 Å². The van der Waals surface area contributed by atoms with Crippen LogP contribution in [0.2, 0.25) is 5.02 Å². The summed E-state index contributed by atoms with van der Waals surface area (Å²) in [7, 11) is 0. The molecule has 0 aliphatic heterocycles. The molecule has 23 heavy (non-hydrogen) atoms.